The number of aromatic nitrogens is 2. The van der Waals surface area contributed by atoms with Crippen molar-refractivity contribution in [3.8, 4) is 0 Å². The van der Waals surface area contributed by atoms with E-state index in [1.165, 1.54) is 6.07 Å². The van der Waals surface area contributed by atoms with E-state index in [0.717, 1.165) is 15.7 Å². The van der Waals surface area contributed by atoms with Crippen LogP contribution in [0.2, 0.25) is 0 Å². The van der Waals surface area contributed by atoms with E-state index in [0.29, 0.717) is 12.1 Å². The van der Waals surface area contributed by atoms with E-state index in [4.69, 9.17) is 0 Å². The first-order valence-corrected chi connectivity index (χ1v) is 6.94. The molecule has 2 rings (SSSR count). The molecule has 0 fully saturated rings. The summed E-state index contributed by atoms with van der Waals surface area (Å²) in [5, 5.41) is 7.52. The minimum absolute atomic E-state index is 0.0582. The lowest BCUT2D eigenvalue weighted by atomic mass is 10.1. The molecule has 1 aromatic heterocycles. The van der Waals surface area contributed by atoms with Crippen LogP contribution in [0.3, 0.4) is 0 Å². The molecule has 5 heteroatoms. The topological polar surface area (TPSA) is 29.9 Å². The summed E-state index contributed by atoms with van der Waals surface area (Å²) < 4.78 is 16.5. The van der Waals surface area contributed by atoms with E-state index >= 15 is 0 Å². The largest absolute Gasteiger partial charge is 0.306 e. The lowest BCUT2D eigenvalue weighted by Crippen LogP contribution is -2.19. The Kier molecular flexibility index (Phi) is 4.37. The predicted octanol–water partition coefficient (Wildman–Crippen LogP) is 3.48. The van der Waals surface area contributed by atoms with Gasteiger partial charge in [0.15, 0.2) is 0 Å². The molecule has 2 aromatic rings. The molecule has 0 spiro atoms. The lowest BCUT2D eigenvalue weighted by Gasteiger charge is -2.15. The van der Waals surface area contributed by atoms with Crippen molar-refractivity contribution in [1.82, 2.24) is 15.1 Å². The van der Waals surface area contributed by atoms with Gasteiger partial charge in [-0.2, -0.15) is 5.10 Å². The van der Waals surface area contributed by atoms with Crippen molar-refractivity contribution in [2.45, 2.75) is 26.4 Å². The highest BCUT2D eigenvalue weighted by molar-refractivity contribution is 9.10. The van der Waals surface area contributed by atoms with Crippen LogP contribution in [0.25, 0.3) is 0 Å². The molecular formula is C14H17BrFN3. The monoisotopic (exact) mass is 325 g/mol. The van der Waals surface area contributed by atoms with Crippen LogP contribution in [0.15, 0.2) is 28.9 Å². The summed E-state index contributed by atoms with van der Waals surface area (Å²) in [5.74, 6) is -0.189. The minimum Gasteiger partial charge on any atom is -0.306 e. The summed E-state index contributed by atoms with van der Waals surface area (Å²) in [6.45, 7) is 4.65. The molecule has 1 heterocycles. The van der Waals surface area contributed by atoms with E-state index < -0.39 is 0 Å². The van der Waals surface area contributed by atoms with Crippen molar-refractivity contribution in [3.05, 3.63) is 51.5 Å². The fourth-order valence-corrected chi connectivity index (χ4v) is 2.32. The van der Waals surface area contributed by atoms with Crippen molar-refractivity contribution in [2.75, 3.05) is 0 Å². The fourth-order valence-electron chi connectivity index (χ4n) is 1.94. The second kappa shape index (κ2) is 5.84. The molecule has 0 amide bonds. The van der Waals surface area contributed by atoms with Crippen molar-refractivity contribution in [3.63, 3.8) is 0 Å². The van der Waals surface area contributed by atoms with Gasteiger partial charge in [0.2, 0.25) is 0 Å². The van der Waals surface area contributed by atoms with E-state index in [1.54, 1.807) is 6.07 Å². The highest BCUT2D eigenvalue weighted by Gasteiger charge is 2.12. The number of hydrogen-bond acceptors (Lipinski definition) is 2. The molecule has 0 saturated heterocycles. The first-order chi connectivity index (χ1) is 8.99. The molecule has 3 nitrogen and oxygen atoms in total. The van der Waals surface area contributed by atoms with Crippen LogP contribution in [0.5, 0.6) is 0 Å². The summed E-state index contributed by atoms with van der Waals surface area (Å²) in [6, 6.07) is 4.93. The van der Waals surface area contributed by atoms with Crippen LogP contribution in [0.1, 0.15) is 29.8 Å². The third-order valence-corrected chi connectivity index (χ3v) is 3.85. The summed E-state index contributed by atoms with van der Waals surface area (Å²) >= 11 is 3.37. The number of aryl methyl sites for hydroxylation is 1. The minimum atomic E-state index is -0.189. The number of halogens is 2. The zero-order valence-corrected chi connectivity index (χ0v) is 12.8. The Balaban J connectivity index is 2.07. The van der Waals surface area contributed by atoms with Crippen molar-refractivity contribution < 1.29 is 4.39 Å². The number of nitrogens with one attached hydrogen (secondary N) is 1. The van der Waals surface area contributed by atoms with Crippen molar-refractivity contribution in [1.29, 1.82) is 0 Å². The Morgan fingerprint density at radius 1 is 1.47 bits per heavy atom. The molecule has 102 valence electrons. The second-order valence-electron chi connectivity index (χ2n) is 4.65. The number of rotatable bonds is 4. The molecule has 0 aliphatic heterocycles. The third kappa shape index (κ3) is 3.22. The van der Waals surface area contributed by atoms with Gasteiger partial charge in [-0.3, -0.25) is 4.68 Å². The van der Waals surface area contributed by atoms with Gasteiger partial charge in [0.05, 0.1) is 6.20 Å². The molecule has 19 heavy (non-hydrogen) atoms. The average Bonchev–Trinajstić information content (AvgIpc) is 2.70. The normalized spacial score (nSPS) is 12.7. The summed E-state index contributed by atoms with van der Waals surface area (Å²) in [4.78, 5) is 0. The average molecular weight is 326 g/mol. The third-order valence-electron chi connectivity index (χ3n) is 3.36. The zero-order valence-electron chi connectivity index (χ0n) is 11.2. The standard InChI is InChI=1S/C14H17BrFN3/c1-9(13-6-12(15)4-5-14(13)16)17-7-11-8-18-19(3)10(11)2/h4-6,8-9,17H,7H2,1-3H3. The van der Waals surface area contributed by atoms with Gasteiger partial charge in [-0.05, 0) is 32.0 Å². The molecular weight excluding hydrogens is 309 g/mol. The number of benzene rings is 1. The summed E-state index contributed by atoms with van der Waals surface area (Å²) in [6.07, 6.45) is 1.84. The van der Waals surface area contributed by atoms with Crippen molar-refractivity contribution >= 4 is 15.9 Å². The maximum absolute atomic E-state index is 13.8. The number of nitrogens with zero attached hydrogens (tertiary/aromatic N) is 2. The summed E-state index contributed by atoms with van der Waals surface area (Å²) in [5.41, 5.74) is 2.91. The van der Waals surface area contributed by atoms with Gasteiger partial charge in [-0.1, -0.05) is 15.9 Å². The molecule has 1 atom stereocenters. The van der Waals surface area contributed by atoms with E-state index in [2.05, 4.69) is 26.3 Å². The molecule has 0 aliphatic carbocycles. The second-order valence-corrected chi connectivity index (χ2v) is 5.56. The highest BCUT2D eigenvalue weighted by atomic mass is 79.9. The Bertz CT molecular complexity index is 580. The quantitative estimate of drug-likeness (QED) is 0.932. The smallest absolute Gasteiger partial charge is 0.128 e. The fraction of sp³-hybridized carbons (Fsp3) is 0.357. The summed E-state index contributed by atoms with van der Waals surface area (Å²) in [7, 11) is 1.91. The van der Waals surface area contributed by atoms with Gasteiger partial charge < -0.3 is 5.32 Å². The first-order valence-electron chi connectivity index (χ1n) is 6.15. The van der Waals surface area contributed by atoms with Crippen LogP contribution >= 0.6 is 15.9 Å². The van der Waals surface area contributed by atoms with Gasteiger partial charge in [0.25, 0.3) is 0 Å². The SMILES string of the molecule is Cc1c(CNC(C)c2cc(Br)ccc2F)cnn1C. The first kappa shape index (κ1) is 14.2. The van der Waals surface area contributed by atoms with Gasteiger partial charge in [-0.25, -0.2) is 4.39 Å². The van der Waals surface area contributed by atoms with Crippen LogP contribution in [-0.4, -0.2) is 9.78 Å². The van der Waals surface area contributed by atoms with Crippen LogP contribution in [0, 0.1) is 12.7 Å². The molecule has 0 aliphatic rings. The molecule has 1 aromatic carbocycles. The maximum atomic E-state index is 13.8. The Labute approximate surface area is 121 Å². The molecule has 1 N–H and O–H groups in total. The van der Waals surface area contributed by atoms with E-state index in [9.17, 15) is 4.39 Å². The van der Waals surface area contributed by atoms with Gasteiger partial charge >= 0.3 is 0 Å². The van der Waals surface area contributed by atoms with Crippen LogP contribution in [-0.2, 0) is 13.6 Å². The molecule has 0 radical (unpaired) electrons. The van der Waals surface area contributed by atoms with Crippen LogP contribution in [0.4, 0.5) is 4.39 Å². The van der Waals surface area contributed by atoms with E-state index in [-0.39, 0.29) is 11.9 Å². The maximum Gasteiger partial charge on any atom is 0.128 e. The predicted molar refractivity (Wildman–Crippen MR) is 77.3 cm³/mol. The van der Waals surface area contributed by atoms with Gasteiger partial charge in [-0.15, -0.1) is 0 Å². The number of hydrogen-bond donors (Lipinski definition) is 1. The Morgan fingerprint density at radius 2 is 2.21 bits per heavy atom. The van der Waals surface area contributed by atoms with Crippen molar-refractivity contribution in [2.24, 2.45) is 7.05 Å². The highest BCUT2D eigenvalue weighted by Crippen LogP contribution is 2.22. The zero-order chi connectivity index (χ0) is 14.0. The molecule has 0 saturated carbocycles. The molecule has 1 unspecified atom stereocenters. The van der Waals surface area contributed by atoms with E-state index in [1.807, 2.05) is 37.8 Å². The van der Waals surface area contributed by atoms with Gasteiger partial charge in [0, 0.05) is 40.9 Å². The lowest BCUT2D eigenvalue weighted by molar-refractivity contribution is 0.527. The van der Waals surface area contributed by atoms with Crippen LogP contribution < -0.4 is 5.32 Å². The molecule has 0 bridgehead atoms. The van der Waals surface area contributed by atoms with Gasteiger partial charge in [0.1, 0.15) is 5.82 Å². The Morgan fingerprint density at radius 3 is 2.84 bits per heavy atom. The Hall–Kier alpha value is -1.20.